The maximum Gasteiger partial charge on any atom is 0.302 e. The molecular weight excluding hydrogens is 392 g/mol. The van der Waals surface area contributed by atoms with Crippen molar-refractivity contribution >= 4 is 5.97 Å². The van der Waals surface area contributed by atoms with E-state index < -0.39 is 0 Å². The second kappa shape index (κ2) is 8.80. The van der Waals surface area contributed by atoms with Crippen molar-refractivity contribution in [2.45, 2.75) is 99.5 Å². The van der Waals surface area contributed by atoms with Gasteiger partial charge in [-0.05, 0) is 84.9 Å². The van der Waals surface area contributed by atoms with E-state index >= 15 is 0 Å². The molecule has 0 aromatic rings. The molecule has 0 aromatic heterocycles. The molecule has 0 bridgehead atoms. The highest BCUT2D eigenvalue weighted by atomic mass is 16.5. The van der Waals surface area contributed by atoms with Crippen molar-refractivity contribution < 1.29 is 9.53 Å². The molecule has 0 amide bonds. The fourth-order valence-corrected chi connectivity index (χ4v) is 7.92. The third-order valence-corrected chi connectivity index (χ3v) is 10.3. The molecule has 2 heteroatoms. The highest BCUT2D eigenvalue weighted by Crippen LogP contribution is 2.66. The molecule has 0 spiro atoms. The molecule has 4 aliphatic carbocycles. The van der Waals surface area contributed by atoms with Crippen LogP contribution in [0.25, 0.3) is 0 Å². The average Bonchev–Trinajstić information content (AvgIpc) is 3.08. The molecule has 0 radical (unpaired) electrons. The van der Waals surface area contributed by atoms with E-state index in [1.807, 2.05) is 0 Å². The zero-order valence-electron chi connectivity index (χ0n) is 21.6. The molecule has 3 fully saturated rings. The van der Waals surface area contributed by atoms with Crippen molar-refractivity contribution in [2.75, 3.05) is 0 Å². The molecule has 0 saturated heterocycles. The van der Waals surface area contributed by atoms with Crippen LogP contribution in [0.15, 0.2) is 35.5 Å². The molecule has 6 unspecified atom stereocenters. The van der Waals surface area contributed by atoms with Gasteiger partial charge in [0.25, 0.3) is 0 Å². The summed E-state index contributed by atoms with van der Waals surface area (Å²) in [6.45, 7) is 16.1. The third-order valence-electron chi connectivity index (χ3n) is 10.3. The van der Waals surface area contributed by atoms with E-state index in [2.05, 4.69) is 65.8 Å². The number of hydrogen-bond acceptors (Lipinski definition) is 2. The van der Waals surface area contributed by atoms with Crippen LogP contribution in [0.1, 0.15) is 93.4 Å². The second-order valence-electron chi connectivity index (χ2n) is 12.4. The monoisotopic (exact) mass is 438 g/mol. The van der Waals surface area contributed by atoms with Crippen LogP contribution in [-0.4, -0.2) is 12.1 Å². The molecule has 4 rings (SSSR count). The topological polar surface area (TPSA) is 26.3 Å². The average molecular weight is 439 g/mol. The van der Waals surface area contributed by atoms with E-state index in [4.69, 9.17) is 4.74 Å². The lowest BCUT2D eigenvalue weighted by molar-refractivity contribution is -0.148. The molecule has 32 heavy (non-hydrogen) atoms. The van der Waals surface area contributed by atoms with Crippen molar-refractivity contribution in [2.24, 2.45) is 46.3 Å². The van der Waals surface area contributed by atoms with Gasteiger partial charge >= 0.3 is 5.97 Å². The summed E-state index contributed by atoms with van der Waals surface area (Å²) in [5.74, 6) is 4.11. The number of carbonyl (C=O) groups excluding carboxylic acids is 1. The molecule has 4 aliphatic rings. The zero-order valence-corrected chi connectivity index (χ0v) is 21.6. The van der Waals surface area contributed by atoms with Gasteiger partial charge < -0.3 is 4.74 Å². The standard InChI is InChI=1S/C30H46O2/c1-19(2)20(3)8-9-21(4)26-12-13-27-25-11-10-23-18-24(32-22(5)31)14-16-29(23,6)28(25)15-17-30(26,27)7/h8-11,19-21,24,26-28H,12-18H2,1-7H3/t20?,21?,24?,26?,27?,28?,29-,30+/m0/s1. The highest BCUT2D eigenvalue weighted by molar-refractivity contribution is 5.66. The summed E-state index contributed by atoms with van der Waals surface area (Å²) in [4.78, 5) is 11.5. The minimum Gasteiger partial charge on any atom is -0.462 e. The van der Waals surface area contributed by atoms with E-state index in [-0.39, 0.29) is 17.5 Å². The van der Waals surface area contributed by atoms with Crippen LogP contribution in [0.4, 0.5) is 0 Å². The predicted octanol–water partition coefficient (Wildman–Crippen LogP) is 7.90. The molecular formula is C30H46O2. The fourth-order valence-electron chi connectivity index (χ4n) is 7.92. The van der Waals surface area contributed by atoms with Crippen LogP contribution in [0.5, 0.6) is 0 Å². The minimum absolute atomic E-state index is 0.0763. The first-order valence-electron chi connectivity index (χ1n) is 13.3. The summed E-state index contributed by atoms with van der Waals surface area (Å²) in [6, 6.07) is 0. The quantitative estimate of drug-likeness (QED) is 0.322. The van der Waals surface area contributed by atoms with E-state index in [0.29, 0.717) is 29.1 Å². The van der Waals surface area contributed by atoms with Crippen molar-refractivity contribution in [3.63, 3.8) is 0 Å². The largest absolute Gasteiger partial charge is 0.462 e. The van der Waals surface area contributed by atoms with Crippen LogP contribution in [0.2, 0.25) is 0 Å². The summed E-state index contributed by atoms with van der Waals surface area (Å²) in [7, 11) is 0. The Morgan fingerprint density at radius 2 is 1.75 bits per heavy atom. The molecule has 0 heterocycles. The Hall–Kier alpha value is -1.31. The Morgan fingerprint density at radius 1 is 1.00 bits per heavy atom. The summed E-state index contributed by atoms with van der Waals surface area (Å²) in [5.41, 5.74) is 3.98. The van der Waals surface area contributed by atoms with Gasteiger partial charge in [0, 0.05) is 13.3 Å². The third kappa shape index (κ3) is 4.05. The second-order valence-corrected chi connectivity index (χ2v) is 12.4. The van der Waals surface area contributed by atoms with E-state index in [9.17, 15) is 4.79 Å². The lowest BCUT2D eigenvalue weighted by Crippen LogP contribution is -2.46. The first-order chi connectivity index (χ1) is 15.1. The van der Waals surface area contributed by atoms with Crippen molar-refractivity contribution in [3.8, 4) is 0 Å². The van der Waals surface area contributed by atoms with Gasteiger partial charge in [0.2, 0.25) is 0 Å². The van der Waals surface area contributed by atoms with Crippen molar-refractivity contribution in [1.29, 1.82) is 0 Å². The number of hydrogen-bond donors (Lipinski definition) is 0. The molecule has 178 valence electrons. The highest BCUT2D eigenvalue weighted by Gasteiger charge is 2.56. The van der Waals surface area contributed by atoms with Gasteiger partial charge in [0.05, 0.1) is 0 Å². The number of rotatable bonds is 5. The van der Waals surface area contributed by atoms with Crippen LogP contribution in [0, 0.1) is 46.3 Å². The summed E-state index contributed by atoms with van der Waals surface area (Å²) in [5, 5.41) is 0. The Balaban J connectivity index is 1.54. The number of allylic oxidation sites excluding steroid dienone is 5. The Kier molecular flexibility index (Phi) is 6.56. The van der Waals surface area contributed by atoms with Gasteiger partial charge in [0.1, 0.15) is 6.10 Å². The van der Waals surface area contributed by atoms with E-state index in [1.165, 1.54) is 31.3 Å². The lowest BCUT2D eigenvalue weighted by atomic mass is 9.50. The number of ether oxygens (including phenoxy) is 1. The maximum absolute atomic E-state index is 11.5. The van der Waals surface area contributed by atoms with Gasteiger partial charge in [0.15, 0.2) is 0 Å². The molecule has 8 atom stereocenters. The first-order valence-corrected chi connectivity index (χ1v) is 13.3. The van der Waals surface area contributed by atoms with Crippen molar-refractivity contribution in [3.05, 3.63) is 35.5 Å². The van der Waals surface area contributed by atoms with Crippen LogP contribution < -0.4 is 0 Å². The van der Waals surface area contributed by atoms with Gasteiger partial charge in [-0.3, -0.25) is 4.79 Å². The summed E-state index contributed by atoms with van der Waals surface area (Å²) >= 11 is 0. The van der Waals surface area contributed by atoms with Gasteiger partial charge in [-0.25, -0.2) is 0 Å². The number of fused-ring (bicyclic) bond motifs is 5. The van der Waals surface area contributed by atoms with Crippen LogP contribution in [-0.2, 0) is 9.53 Å². The summed E-state index contributed by atoms with van der Waals surface area (Å²) in [6.07, 6.45) is 18.5. The minimum atomic E-state index is -0.136. The van der Waals surface area contributed by atoms with Crippen LogP contribution >= 0.6 is 0 Å². The maximum atomic E-state index is 11.5. The zero-order chi connectivity index (χ0) is 23.3. The SMILES string of the molecule is CC(=O)OC1CC[C@@]2(C)C(=CC=C3C4CCC(C(C)C=CC(C)C(C)C)[C@@]4(C)CCC32)C1. The Morgan fingerprint density at radius 3 is 2.44 bits per heavy atom. The van der Waals surface area contributed by atoms with Crippen LogP contribution in [0.3, 0.4) is 0 Å². The number of carbonyl (C=O) groups is 1. The van der Waals surface area contributed by atoms with E-state index in [0.717, 1.165) is 31.1 Å². The Labute approximate surface area is 197 Å². The smallest absolute Gasteiger partial charge is 0.302 e. The molecule has 0 aromatic carbocycles. The van der Waals surface area contributed by atoms with Gasteiger partial charge in [-0.15, -0.1) is 0 Å². The molecule has 3 saturated carbocycles. The van der Waals surface area contributed by atoms with Crippen molar-refractivity contribution in [1.82, 2.24) is 0 Å². The Bertz CT molecular complexity index is 817. The molecule has 2 nitrogen and oxygen atoms in total. The van der Waals surface area contributed by atoms with Gasteiger partial charge in [-0.1, -0.05) is 77.0 Å². The number of esters is 1. The molecule has 0 N–H and O–H groups in total. The lowest BCUT2D eigenvalue weighted by Gasteiger charge is -2.55. The van der Waals surface area contributed by atoms with Gasteiger partial charge in [-0.2, -0.15) is 0 Å². The first kappa shape index (κ1) is 23.8. The van der Waals surface area contributed by atoms with E-state index in [1.54, 1.807) is 12.5 Å². The normalized spacial score (nSPS) is 40.8. The fraction of sp³-hybridized carbons (Fsp3) is 0.767. The summed E-state index contributed by atoms with van der Waals surface area (Å²) < 4.78 is 5.59. The molecule has 0 aliphatic heterocycles. The predicted molar refractivity (Wildman–Crippen MR) is 133 cm³/mol.